The van der Waals surface area contributed by atoms with Gasteiger partial charge in [-0.25, -0.2) is 4.57 Å². The van der Waals surface area contributed by atoms with Crippen LogP contribution >= 0.6 is 7.82 Å². The Morgan fingerprint density at radius 2 is 0.771 bits per heavy atom. The molecule has 0 bridgehead atoms. The molecule has 0 saturated carbocycles. The SMILES string of the molecule is CC/C=C\C/C=C\C/C=C\C/C=C\CCCCC(=O)OCC(COP(=O)(O)OCC(CO)OC(=O)CC/C=C\C/C=C\C/C=C\C/C=C\CC)OC(=O)CCCCCCC/C=C\CCCCCCCC. The summed E-state index contributed by atoms with van der Waals surface area (Å²) in [6, 6.07) is 0. The van der Waals surface area contributed by atoms with Crippen LogP contribution in [0.5, 0.6) is 0 Å². The van der Waals surface area contributed by atoms with E-state index >= 15 is 0 Å². The monoisotopic (exact) mass is 999 g/mol. The number of carbonyl (C=O) groups is 3. The number of hydrogen-bond donors (Lipinski definition) is 2. The summed E-state index contributed by atoms with van der Waals surface area (Å²) >= 11 is 0. The molecule has 0 aromatic carbocycles. The second-order valence-corrected chi connectivity index (χ2v) is 18.7. The molecule has 70 heavy (non-hydrogen) atoms. The summed E-state index contributed by atoms with van der Waals surface area (Å²) in [6.45, 7) is 4.24. The zero-order valence-corrected chi connectivity index (χ0v) is 44.6. The minimum Gasteiger partial charge on any atom is -0.462 e. The average molecular weight is 999 g/mol. The summed E-state index contributed by atoms with van der Waals surface area (Å²) < 4.78 is 39.3. The van der Waals surface area contributed by atoms with Crippen molar-refractivity contribution in [2.24, 2.45) is 0 Å². The molecule has 12 heteroatoms. The topological polar surface area (TPSA) is 155 Å². The van der Waals surface area contributed by atoms with Crippen molar-refractivity contribution >= 4 is 25.7 Å². The number of phosphoric ester groups is 1. The first-order chi connectivity index (χ1) is 34.2. The third kappa shape index (κ3) is 49.1. The minimum atomic E-state index is -4.78. The lowest BCUT2D eigenvalue weighted by Gasteiger charge is -2.21. The number of aliphatic hydroxyl groups is 1. The molecule has 0 heterocycles. The third-order valence-corrected chi connectivity index (χ3v) is 11.6. The van der Waals surface area contributed by atoms with Crippen LogP contribution in [-0.4, -0.2) is 66.5 Å². The quantitative estimate of drug-likeness (QED) is 0.0197. The molecule has 398 valence electrons. The third-order valence-electron chi connectivity index (χ3n) is 10.7. The van der Waals surface area contributed by atoms with Gasteiger partial charge in [0.25, 0.3) is 0 Å². The highest BCUT2D eigenvalue weighted by atomic mass is 31.2. The molecule has 3 unspecified atom stereocenters. The lowest BCUT2D eigenvalue weighted by atomic mass is 10.1. The van der Waals surface area contributed by atoms with E-state index in [4.69, 9.17) is 23.3 Å². The Morgan fingerprint density at radius 1 is 0.414 bits per heavy atom. The van der Waals surface area contributed by atoms with Crippen LogP contribution in [0, 0.1) is 0 Å². The van der Waals surface area contributed by atoms with Gasteiger partial charge in [-0.3, -0.25) is 23.4 Å². The van der Waals surface area contributed by atoms with Crippen LogP contribution in [0.2, 0.25) is 0 Å². The summed E-state index contributed by atoms with van der Waals surface area (Å²) in [5, 5.41) is 9.77. The number of carbonyl (C=O) groups excluding carboxylic acids is 3. The van der Waals surface area contributed by atoms with Crippen molar-refractivity contribution in [3.05, 3.63) is 109 Å². The van der Waals surface area contributed by atoms with E-state index in [0.717, 1.165) is 103 Å². The Kier molecular flexibility index (Phi) is 48.7. The normalized spacial score (nSPS) is 14.3. The number of esters is 3. The van der Waals surface area contributed by atoms with Gasteiger partial charge in [-0.2, -0.15) is 0 Å². The fraction of sp³-hybridized carbons (Fsp3) is 0.638. The van der Waals surface area contributed by atoms with Gasteiger partial charge in [0.15, 0.2) is 6.10 Å². The highest BCUT2D eigenvalue weighted by Crippen LogP contribution is 2.43. The van der Waals surface area contributed by atoms with E-state index in [1.54, 1.807) is 0 Å². The number of allylic oxidation sites excluding steroid dienone is 18. The first-order valence-electron chi connectivity index (χ1n) is 26.8. The molecule has 0 aliphatic heterocycles. The van der Waals surface area contributed by atoms with Crippen molar-refractivity contribution < 1.29 is 52.2 Å². The van der Waals surface area contributed by atoms with Crippen LogP contribution < -0.4 is 0 Å². The smallest absolute Gasteiger partial charge is 0.462 e. The Morgan fingerprint density at radius 3 is 1.27 bits per heavy atom. The molecule has 3 atom stereocenters. The molecule has 0 aliphatic rings. The zero-order valence-electron chi connectivity index (χ0n) is 43.7. The van der Waals surface area contributed by atoms with Gasteiger partial charge in [-0.1, -0.05) is 182 Å². The van der Waals surface area contributed by atoms with Crippen LogP contribution in [0.15, 0.2) is 109 Å². The van der Waals surface area contributed by atoms with Crippen LogP contribution in [0.3, 0.4) is 0 Å². The van der Waals surface area contributed by atoms with E-state index in [1.165, 1.54) is 38.5 Å². The summed E-state index contributed by atoms with van der Waals surface area (Å²) in [6.07, 6.45) is 60.8. The summed E-state index contributed by atoms with van der Waals surface area (Å²) in [7, 11) is -4.78. The molecule has 0 radical (unpaired) electrons. The van der Waals surface area contributed by atoms with Gasteiger partial charge in [0.2, 0.25) is 0 Å². The molecule has 0 aromatic rings. The van der Waals surface area contributed by atoms with Gasteiger partial charge in [-0.05, 0) is 109 Å². The minimum absolute atomic E-state index is 0.0477. The number of ether oxygens (including phenoxy) is 3. The first-order valence-corrected chi connectivity index (χ1v) is 28.3. The van der Waals surface area contributed by atoms with Gasteiger partial charge in [0.05, 0.1) is 19.8 Å². The standard InChI is InChI=1S/C58H95O11P/c1-4-7-10-13-16-19-22-25-27-30-32-35-38-41-44-47-56(60)65-51-55(69-58(62)49-46-43-40-37-34-31-28-26-23-20-17-14-11-8-5-2)53-67-70(63,64)66-52-54(50-59)68-57(61)48-45-42-39-36-33-29-24-21-18-15-12-9-6-3/h7,9-10,12,16,18-19,21,25-29,32-33,35,39,42,54-55,59H,4-6,8,11,13-15,17,20,22-24,30-31,34,36-38,40-41,43-53H2,1-3H3,(H,63,64)/b10-7-,12-9-,19-16-,21-18-,27-25-,28-26-,33-29-,35-32-,42-39-. The zero-order chi connectivity index (χ0) is 51.3. The van der Waals surface area contributed by atoms with Crippen LogP contribution in [0.1, 0.15) is 201 Å². The highest BCUT2D eigenvalue weighted by molar-refractivity contribution is 7.47. The Labute approximate surface area is 425 Å². The highest BCUT2D eigenvalue weighted by Gasteiger charge is 2.28. The maximum absolute atomic E-state index is 12.9. The van der Waals surface area contributed by atoms with Gasteiger partial charge in [-0.15, -0.1) is 0 Å². The average Bonchev–Trinajstić information content (AvgIpc) is 3.35. The van der Waals surface area contributed by atoms with E-state index in [9.17, 15) is 28.9 Å². The van der Waals surface area contributed by atoms with E-state index in [0.29, 0.717) is 19.3 Å². The predicted molar refractivity (Wildman–Crippen MR) is 288 cm³/mol. The van der Waals surface area contributed by atoms with Crippen LogP contribution in [0.25, 0.3) is 0 Å². The van der Waals surface area contributed by atoms with Crippen molar-refractivity contribution in [3.8, 4) is 0 Å². The number of hydrogen-bond acceptors (Lipinski definition) is 10. The van der Waals surface area contributed by atoms with E-state index < -0.39 is 57.8 Å². The number of rotatable bonds is 48. The molecule has 2 N–H and O–H groups in total. The molecule has 0 aliphatic carbocycles. The van der Waals surface area contributed by atoms with Gasteiger partial charge in [0.1, 0.15) is 12.7 Å². The Hall–Kier alpha value is -3.86. The van der Waals surface area contributed by atoms with Crippen molar-refractivity contribution in [1.29, 1.82) is 0 Å². The molecule has 11 nitrogen and oxygen atoms in total. The molecule has 0 spiro atoms. The summed E-state index contributed by atoms with van der Waals surface area (Å²) in [5.74, 6) is -1.62. The van der Waals surface area contributed by atoms with Crippen molar-refractivity contribution in [2.75, 3.05) is 26.4 Å². The largest absolute Gasteiger partial charge is 0.472 e. The number of unbranched alkanes of at least 4 members (excludes halogenated alkanes) is 13. The van der Waals surface area contributed by atoms with E-state index in [1.807, 2.05) is 18.2 Å². The second kappa shape index (κ2) is 51.5. The molecular formula is C58H95O11P. The van der Waals surface area contributed by atoms with Crippen LogP contribution in [0.4, 0.5) is 0 Å². The van der Waals surface area contributed by atoms with Crippen molar-refractivity contribution in [1.82, 2.24) is 0 Å². The maximum atomic E-state index is 12.9. The molecule has 0 saturated heterocycles. The van der Waals surface area contributed by atoms with Crippen molar-refractivity contribution in [2.45, 2.75) is 213 Å². The summed E-state index contributed by atoms with van der Waals surface area (Å²) in [5.41, 5.74) is 0. The molecule has 0 amide bonds. The van der Waals surface area contributed by atoms with Gasteiger partial charge >= 0.3 is 25.7 Å². The summed E-state index contributed by atoms with van der Waals surface area (Å²) in [4.78, 5) is 48.3. The fourth-order valence-electron chi connectivity index (χ4n) is 6.65. The lowest BCUT2D eigenvalue weighted by Crippen LogP contribution is -2.30. The van der Waals surface area contributed by atoms with Crippen molar-refractivity contribution in [3.63, 3.8) is 0 Å². The maximum Gasteiger partial charge on any atom is 0.472 e. The second-order valence-electron chi connectivity index (χ2n) is 17.3. The van der Waals surface area contributed by atoms with Gasteiger partial charge in [0, 0.05) is 19.3 Å². The van der Waals surface area contributed by atoms with Gasteiger partial charge < -0.3 is 24.2 Å². The Bertz CT molecular complexity index is 1590. The number of aliphatic hydroxyl groups excluding tert-OH is 1. The van der Waals surface area contributed by atoms with E-state index in [-0.39, 0.29) is 25.9 Å². The van der Waals surface area contributed by atoms with Crippen LogP contribution in [-0.2, 0) is 42.2 Å². The lowest BCUT2D eigenvalue weighted by molar-refractivity contribution is -0.161. The first kappa shape index (κ1) is 66.1. The molecule has 0 aromatic heterocycles. The molecule has 0 fully saturated rings. The van der Waals surface area contributed by atoms with E-state index in [2.05, 4.69) is 112 Å². The number of phosphoric acid groups is 1. The molecule has 0 rings (SSSR count). The predicted octanol–water partition coefficient (Wildman–Crippen LogP) is 15.5. The fourth-order valence-corrected chi connectivity index (χ4v) is 7.43. The molecular weight excluding hydrogens is 904 g/mol. The Balaban J connectivity index is 4.89.